The summed E-state index contributed by atoms with van der Waals surface area (Å²) in [4.78, 5) is 0. The second kappa shape index (κ2) is 5.93. The molecule has 0 radical (unpaired) electrons. The minimum absolute atomic E-state index is 0.343. The molecule has 3 nitrogen and oxygen atoms in total. The van der Waals surface area contributed by atoms with E-state index in [1.54, 1.807) is 30.3 Å². The first-order valence-electron chi connectivity index (χ1n) is 5.85. The SMILES string of the molecule is CCOc1cccc(Nc2cc(Br)ccc2F)c1N. The number of halogens is 2. The summed E-state index contributed by atoms with van der Waals surface area (Å²) in [5.41, 5.74) is 7.42. The lowest BCUT2D eigenvalue weighted by atomic mass is 10.2. The number of anilines is 3. The summed E-state index contributed by atoms with van der Waals surface area (Å²) >= 11 is 3.30. The fourth-order valence-corrected chi connectivity index (χ4v) is 2.03. The van der Waals surface area contributed by atoms with Gasteiger partial charge in [0.25, 0.3) is 0 Å². The van der Waals surface area contributed by atoms with Crippen molar-refractivity contribution >= 4 is 33.0 Å². The predicted octanol–water partition coefficient (Wildman–Crippen LogP) is 4.31. The number of benzene rings is 2. The molecule has 0 aliphatic carbocycles. The second-order valence-electron chi connectivity index (χ2n) is 3.90. The molecule has 3 N–H and O–H groups in total. The number of nitrogens with one attached hydrogen (secondary N) is 1. The Bertz CT molecular complexity index is 590. The summed E-state index contributed by atoms with van der Waals surface area (Å²) in [6.07, 6.45) is 0. The van der Waals surface area contributed by atoms with Crippen LogP contribution < -0.4 is 15.8 Å². The summed E-state index contributed by atoms with van der Waals surface area (Å²) in [5, 5.41) is 2.97. The molecule has 0 atom stereocenters. The van der Waals surface area contributed by atoms with Gasteiger partial charge in [-0.15, -0.1) is 0 Å². The summed E-state index contributed by atoms with van der Waals surface area (Å²) in [6, 6.07) is 10.0. The van der Waals surface area contributed by atoms with E-state index >= 15 is 0 Å². The van der Waals surface area contributed by atoms with Crippen LogP contribution in [0.3, 0.4) is 0 Å². The summed E-state index contributed by atoms with van der Waals surface area (Å²) in [7, 11) is 0. The van der Waals surface area contributed by atoms with Gasteiger partial charge >= 0.3 is 0 Å². The summed E-state index contributed by atoms with van der Waals surface area (Å²) in [5.74, 6) is 0.243. The van der Waals surface area contributed by atoms with E-state index in [0.717, 1.165) is 4.47 Å². The van der Waals surface area contributed by atoms with E-state index in [2.05, 4.69) is 21.2 Å². The zero-order chi connectivity index (χ0) is 13.8. The van der Waals surface area contributed by atoms with E-state index in [4.69, 9.17) is 10.5 Å². The molecule has 2 rings (SSSR count). The maximum absolute atomic E-state index is 13.7. The van der Waals surface area contributed by atoms with Crippen LogP contribution in [0.1, 0.15) is 6.92 Å². The number of ether oxygens (including phenoxy) is 1. The highest BCUT2D eigenvalue weighted by Crippen LogP contribution is 2.33. The summed E-state index contributed by atoms with van der Waals surface area (Å²) in [6.45, 7) is 2.41. The molecule has 0 spiro atoms. The standard InChI is InChI=1S/C14H14BrFN2O/c1-2-19-13-5-3-4-11(14(13)17)18-12-8-9(15)6-7-10(12)16/h3-8,18H,2,17H2,1H3. The lowest BCUT2D eigenvalue weighted by Crippen LogP contribution is -2.02. The zero-order valence-corrected chi connectivity index (χ0v) is 12.0. The van der Waals surface area contributed by atoms with Gasteiger partial charge in [0.1, 0.15) is 11.6 Å². The van der Waals surface area contributed by atoms with E-state index in [9.17, 15) is 4.39 Å². The Morgan fingerprint density at radius 1 is 1.26 bits per heavy atom. The van der Waals surface area contributed by atoms with Crippen molar-refractivity contribution in [1.29, 1.82) is 0 Å². The first-order chi connectivity index (χ1) is 9.11. The summed E-state index contributed by atoms with van der Waals surface area (Å²) < 4.78 is 19.9. The molecule has 0 heterocycles. The first kappa shape index (κ1) is 13.7. The Morgan fingerprint density at radius 3 is 2.79 bits per heavy atom. The van der Waals surface area contributed by atoms with E-state index < -0.39 is 0 Å². The molecule has 0 aromatic heterocycles. The lowest BCUT2D eigenvalue weighted by Gasteiger charge is -2.13. The van der Waals surface area contributed by atoms with Gasteiger partial charge in [0, 0.05) is 4.47 Å². The van der Waals surface area contributed by atoms with Crippen LogP contribution in [0.4, 0.5) is 21.5 Å². The normalized spacial score (nSPS) is 10.3. The third-order valence-corrected chi connectivity index (χ3v) is 3.06. The number of nitrogen functional groups attached to an aromatic ring is 1. The van der Waals surface area contributed by atoms with Crippen molar-refractivity contribution in [1.82, 2.24) is 0 Å². The third kappa shape index (κ3) is 3.17. The van der Waals surface area contributed by atoms with Crippen molar-refractivity contribution in [3.05, 3.63) is 46.7 Å². The third-order valence-electron chi connectivity index (χ3n) is 2.56. The fraction of sp³-hybridized carbons (Fsp3) is 0.143. The van der Waals surface area contributed by atoms with Gasteiger partial charge < -0.3 is 15.8 Å². The Labute approximate surface area is 119 Å². The molecule has 5 heteroatoms. The van der Waals surface area contributed by atoms with Gasteiger partial charge in [0.05, 0.1) is 23.7 Å². The van der Waals surface area contributed by atoms with E-state index in [0.29, 0.717) is 29.4 Å². The molecule has 0 bridgehead atoms. The maximum Gasteiger partial charge on any atom is 0.146 e. The Hall–Kier alpha value is -1.75. The quantitative estimate of drug-likeness (QED) is 0.824. The number of rotatable bonds is 4. The van der Waals surface area contributed by atoms with Crippen molar-refractivity contribution in [2.45, 2.75) is 6.92 Å². The Morgan fingerprint density at radius 2 is 2.05 bits per heavy atom. The number of nitrogens with two attached hydrogens (primary N) is 1. The fourth-order valence-electron chi connectivity index (χ4n) is 1.67. The highest BCUT2D eigenvalue weighted by Gasteiger charge is 2.08. The van der Waals surface area contributed by atoms with Crippen molar-refractivity contribution in [3.8, 4) is 5.75 Å². The van der Waals surface area contributed by atoms with E-state index in [1.165, 1.54) is 6.07 Å². The molecular weight excluding hydrogens is 311 g/mol. The van der Waals surface area contributed by atoms with Crippen LogP contribution in [-0.4, -0.2) is 6.61 Å². The molecule has 0 saturated carbocycles. The van der Waals surface area contributed by atoms with Gasteiger partial charge in [-0.2, -0.15) is 0 Å². The monoisotopic (exact) mass is 324 g/mol. The van der Waals surface area contributed by atoms with Gasteiger partial charge in [-0.05, 0) is 37.3 Å². The highest BCUT2D eigenvalue weighted by atomic mass is 79.9. The number of hydrogen-bond acceptors (Lipinski definition) is 3. The zero-order valence-electron chi connectivity index (χ0n) is 10.4. The number of hydrogen-bond donors (Lipinski definition) is 2. The second-order valence-corrected chi connectivity index (χ2v) is 4.82. The van der Waals surface area contributed by atoms with E-state index in [-0.39, 0.29) is 5.82 Å². The molecule has 2 aromatic carbocycles. The van der Waals surface area contributed by atoms with Crippen molar-refractivity contribution in [3.63, 3.8) is 0 Å². The molecule has 0 aliphatic rings. The molecular formula is C14H14BrFN2O. The minimum Gasteiger partial charge on any atom is -0.492 e. The smallest absolute Gasteiger partial charge is 0.146 e. The molecule has 100 valence electrons. The molecule has 0 saturated heterocycles. The molecule has 0 amide bonds. The average Bonchev–Trinajstić information content (AvgIpc) is 2.39. The molecule has 0 aliphatic heterocycles. The van der Waals surface area contributed by atoms with Crippen LogP contribution >= 0.6 is 15.9 Å². The Kier molecular flexibility index (Phi) is 4.27. The van der Waals surface area contributed by atoms with Crippen LogP contribution in [-0.2, 0) is 0 Å². The molecule has 19 heavy (non-hydrogen) atoms. The molecule has 0 unspecified atom stereocenters. The molecule has 0 fully saturated rings. The lowest BCUT2D eigenvalue weighted by molar-refractivity contribution is 0.342. The van der Waals surface area contributed by atoms with Gasteiger partial charge in [0.15, 0.2) is 0 Å². The van der Waals surface area contributed by atoms with Gasteiger partial charge in [-0.3, -0.25) is 0 Å². The van der Waals surface area contributed by atoms with Crippen molar-refractivity contribution in [2.24, 2.45) is 0 Å². The molecule has 2 aromatic rings. The van der Waals surface area contributed by atoms with Crippen LogP contribution in [0.15, 0.2) is 40.9 Å². The minimum atomic E-state index is -0.343. The van der Waals surface area contributed by atoms with Crippen LogP contribution in [0.5, 0.6) is 5.75 Å². The van der Waals surface area contributed by atoms with Gasteiger partial charge in [-0.1, -0.05) is 22.0 Å². The topological polar surface area (TPSA) is 47.3 Å². The predicted molar refractivity (Wildman–Crippen MR) is 79.4 cm³/mol. The van der Waals surface area contributed by atoms with Gasteiger partial charge in [-0.25, -0.2) is 4.39 Å². The highest BCUT2D eigenvalue weighted by molar-refractivity contribution is 9.10. The van der Waals surface area contributed by atoms with Crippen molar-refractivity contribution < 1.29 is 9.13 Å². The number of para-hydroxylation sites is 1. The van der Waals surface area contributed by atoms with Gasteiger partial charge in [0.2, 0.25) is 0 Å². The maximum atomic E-state index is 13.7. The Balaban J connectivity index is 2.33. The average molecular weight is 325 g/mol. The largest absolute Gasteiger partial charge is 0.492 e. The van der Waals surface area contributed by atoms with Crippen LogP contribution in [0.25, 0.3) is 0 Å². The van der Waals surface area contributed by atoms with Crippen LogP contribution in [0, 0.1) is 5.82 Å². The first-order valence-corrected chi connectivity index (χ1v) is 6.64. The van der Waals surface area contributed by atoms with E-state index in [1.807, 2.05) is 6.92 Å². The van der Waals surface area contributed by atoms with Crippen LogP contribution in [0.2, 0.25) is 0 Å². The van der Waals surface area contributed by atoms with Crippen molar-refractivity contribution in [2.75, 3.05) is 17.7 Å².